The predicted octanol–water partition coefficient (Wildman–Crippen LogP) is 3.53. The SMILES string of the molecule is CC[C@H](C)[C@H](C)C(CC(=O)N1CCC[C@H]1C(OC)[C@@H](C)C(=O)NC(Cc1ccccc1)C(=O)O)OC. The molecule has 202 valence electrons. The van der Waals surface area contributed by atoms with E-state index in [2.05, 4.69) is 26.1 Å². The van der Waals surface area contributed by atoms with E-state index in [1.54, 1.807) is 14.0 Å². The Bertz CT molecular complexity index is 848. The normalized spacial score (nSPS) is 20.7. The predicted molar refractivity (Wildman–Crippen MR) is 138 cm³/mol. The number of hydrogen-bond donors (Lipinski definition) is 2. The maximum Gasteiger partial charge on any atom is 0.326 e. The quantitative estimate of drug-likeness (QED) is 0.402. The second-order valence-corrected chi connectivity index (χ2v) is 10.1. The highest BCUT2D eigenvalue weighted by molar-refractivity contribution is 5.85. The smallest absolute Gasteiger partial charge is 0.326 e. The Kier molecular flexibility index (Phi) is 11.9. The molecule has 1 aliphatic rings. The Morgan fingerprint density at radius 3 is 2.33 bits per heavy atom. The van der Waals surface area contributed by atoms with Gasteiger partial charge in [-0.3, -0.25) is 9.59 Å². The Morgan fingerprint density at radius 1 is 1.11 bits per heavy atom. The molecule has 1 aromatic carbocycles. The van der Waals surface area contributed by atoms with Gasteiger partial charge in [0.25, 0.3) is 0 Å². The number of likely N-dealkylation sites (tertiary alicyclic amines) is 1. The van der Waals surface area contributed by atoms with E-state index < -0.39 is 29.9 Å². The van der Waals surface area contributed by atoms with Crippen molar-refractivity contribution in [2.45, 2.75) is 84.1 Å². The minimum absolute atomic E-state index is 0.00153. The minimum atomic E-state index is -1.09. The average Bonchev–Trinajstić information content (AvgIpc) is 3.36. The molecule has 2 rings (SSSR count). The maximum atomic E-state index is 13.3. The van der Waals surface area contributed by atoms with Gasteiger partial charge in [-0.15, -0.1) is 0 Å². The van der Waals surface area contributed by atoms with Crippen LogP contribution in [0.5, 0.6) is 0 Å². The zero-order valence-corrected chi connectivity index (χ0v) is 22.6. The summed E-state index contributed by atoms with van der Waals surface area (Å²) in [6, 6.07) is 7.90. The van der Waals surface area contributed by atoms with Gasteiger partial charge in [-0.25, -0.2) is 4.79 Å². The number of methoxy groups -OCH3 is 2. The molecule has 0 saturated carbocycles. The fourth-order valence-corrected chi connectivity index (χ4v) is 5.15. The van der Waals surface area contributed by atoms with E-state index in [9.17, 15) is 19.5 Å². The van der Waals surface area contributed by atoms with Gasteiger partial charge in [-0.2, -0.15) is 0 Å². The van der Waals surface area contributed by atoms with Crippen molar-refractivity contribution >= 4 is 17.8 Å². The van der Waals surface area contributed by atoms with Gasteiger partial charge in [0, 0.05) is 27.2 Å². The monoisotopic (exact) mass is 504 g/mol. The third-order valence-electron chi connectivity index (χ3n) is 7.88. The van der Waals surface area contributed by atoms with Gasteiger partial charge in [-0.05, 0) is 30.2 Å². The van der Waals surface area contributed by atoms with Crippen LogP contribution in [0.2, 0.25) is 0 Å². The van der Waals surface area contributed by atoms with E-state index in [1.165, 1.54) is 7.11 Å². The fraction of sp³-hybridized carbons (Fsp3) is 0.679. The van der Waals surface area contributed by atoms with Crippen LogP contribution in [-0.4, -0.2) is 72.8 Å². The lowest BCUT2D eigenvalue weighted by Gasteiger charge is -2.35. The van der Waals surface area contributed by atoms with Gasteiger partial charge >= 0.3 is 5.97 Å². The molecule has 0 radical (unpaired) electrons. The van der Waals surface area contributed by atoms with Crippen LogP contribution in [0.15, 0.2) is 30.3 Å². The summed E-state index contributed by atoms with van der Waals surface area (Å²) < 4.78 is 11.4. The number of ether oxygens (including phenoxy) is 2. The summed E-state index contributed by atoms with van der Waals surface area (Å²) in [5.74, 6) is -1.45. The van der Waals surface area contributed by atoms with Gasteiger partial charge < -0.3 is 24.8 Å². The molecule has 0 bridgehead atoms. The standard InChI is InChI=1S/C28H44N2O6/c1-7-18(2)19(3)24(35-5)17-25(31)30-15-11-14-23(30)26(36-6)20(4)27(32)29-22(28(33)34)16-21-12-9-8-10-13-21/h8-10,12-13,18-20,22-24,26H,7,11,14-17H2,1-6H3,(H,29,32)(H,33,34)/t18-,19-,20+,22?,23-,24?,26?/m0/s1. The van der Waals surface area contributed by atoms with E-state index in [4.69, 9.17) is 9.47 Å². The number of nitrogens with one attached hydrogen (secondary N) is 1. The van der Waals surface area contributed by atoms with Crippen molar-refractivity contribution in [3.05, 3.63) is 35.9 Å². The molecule has 2 N–H and O–H groups in total. The summed E-state index contributed by atoms with van der Waals surface area (Å²) in [4.78, 5) is 40.1. The zero-order chi connectivity index (χ0) is 26.8. The summed E-state index contributed by atoms with van der Waals surface area (Å²) in [5, 5.41) is 12.4. The van der Waals surface area contributed by atoms with E-state index in [-0.39, 0.29) is 36.8 Å². The van der Waals surface area contributed by atoms with Crippen LogP contribution < -0.4 is 5.32 Å². The lowest BCUT2D eigenvalue weighted by molar-refractivity contribution is -0.145. The third-order valence-corrected chi connectivity index (χ3v) is 7.88. The molecule has 2 amide bonds. The number of nitrogens with zero attached hydrogens (tertiary/aromatic N) is 1. The van der Waals surface area contributed by atoms with E-state index in [0.717, 1.165) is 24.8 Å². The van der Waals surface area contributed by atoms with Crippen molar-refractivity contribution < 1.29 is 29.0 Å². The first-order valence-corrected chi connectivity index (χ1v) is 13.1. The Morgan fingerprint density at radius 2 is 1.78 bits per heavy atom. The van der Waals surface area contributed by atoms with Gasteiger partial charge in [0.1, 0.15) is 6.04 Å². The molecule has 8 heteroatoms. The van der Waals surface area contributed by atoms with E-state index in [0.29, 0.717) is 12.5 Å². The summed E-state index contributed by atoms with van der Waals surface area (Å²) in [5.41, 5.74) is 0.827. The minimum Gasteiger partial charge on any atom is -0.480 e. The first-order chi connectivity index (χ1) is 17.1. The van der Waals surface area contributed by atoms with Crippen LogP contribution in [0.25, 0.3) is 0 Å². The molecule has 36 heavy (non-hydrogen) atoms. The molecule has 1 aliphatic heterocycles. The van der Waals surface area contributed by atoms with Crippen LogP contribution in [0.3, 0.4) is 0 Å². The van der Waals surface area contributed by atoms with Crippen molar-refractivity contribution in [2.24, 2.45) is 17.8 Å². The first kappa shape index (κ1) is 29.8. The topological polar surface area (TPSA) is 105 Å². The molecule has 3 unspecified atom stereocenters. The van der Waals surface area contributed by atoms with Gasteiger partial charge in [0.15, 0.2) is 0 Å². The summed E-state index contributed by atoms with van der Waals surface area (Å²) in [6.45, 7) is 8.77. The number of hydrogen-bond acceptors (Lipinski definition) is 5. The number of carboxylic acids is 1. The number of aliphatic carboxylic acids is 1. The van der Waals surface area contributed by atoms with Crippen LogP contribution in [-0.2, 0) is 30.3 Å². The first-order valence-electron chi connectivity index (χ1n) is 13.1. The molecule has 1 saturated heterocycles. The Hall–Kier alpha value is -2.45. The van der Waals surface area contributed by atoms with Crippen molar-refractivity contribution in [1.82, 2.24) is 10.2 Å². The average molecular weight is 505 g/mol. The number of rotatable bonds is 14. The van der Waals surface area contributed by atoms with Gasteiger partial charge in [-0.1, -0.05) is 64.4 Å². The van der Waals surface area contributed by atoms with Crippen LogP contribution >= 0.6 is 0 Å². The molecule has 0 aliphatic carbocycles. The van der Waals surface area contributed by atoms with Gasteiger partial charge in [0.05, 0.1) is 30.6 Å². The van der Waals surface area contributed by atoms with Crippen molar-refractivity contribution in [3.63, 3.8) is 0 Å². The summed E-state index contributed by atoms with van der Waals surface area (Å²) in [7, 11) is 3.19. The highest BCUT2D eigenvalue weighted by atomic mass is 16.5. The summed E-state index contributed by atoms with van der Waals surface area (Å²) >= 11 is 0. The molecule has 7 atom stereocenters. The molecule has 1 aromatic rings. The fourth-order valence-electron chi connectivity index (χ4n) is 5.15. The molecule has 8 nitrogen and oxygen atoms in total. The highest BCUT2D eigenvalue weighted by Crippen LogP contribution is 2.29. The third kappa shape index (κ3) is 7.77. The Labute approximate surface area is 215 Å². The maximum absolute atomic E-state index is 13.3. The van der Waals surface area contributed by atoms with Crippen molar-refractivity contribution in [3.8, 4) is 0 Å². The zero-order valence-electron chi connectivity index (χ0n) is 22.6. The van der Waals surface area contributed by atoms with Crippen LogP contribution in [0, 0.1) is 17.8 Å². The Balaban J connectivity index is 2.09. The summed E-state index contributed by atoms with van der Waals surface area (Å²) in [6.07, 6.45) is 2.32. The number of carboxylic acid groups (broad SMARTS) is 1. The molecule has 1 fully saturated rings. The van der Waals surface area contributed by atoms with E-state index in [1.807, 2.05) is 35.2 Å². The molecule has 1 heterocycles. The molecule has 0 aromatic heterocycles. The van der Waals surface area contributed by atoms with Crippen LogP contribution in [0.1, 0.15) is 58.9 Å². The lowest BCUT2D eigenvalue weighted by Crippen LogP contribution is -2.52. The second-order valence-electron chi connectivity index (χ2n) is 10.1. The van der Waals surface area contributed by atoms with Crippen LogP contribution in [0.4, 0.5) is 0 Å². The number of carbonyl (C=O) groups excluding carboxylic acids is 2. The van der Waals surface area contributed by atoms with Crippen molar-refractivity contribution in [2.75, 3.05) is 20.8 Å². The molecule has 0 spiro atoms. The largest absolute Gasteiger partial charge is 0.480 e. The lowest BCUT2D eigenvalue weighted by atomic mass is 9.87. The molecular weight excluding hydrogens is 460 g/mol. The highest BCUT2D eigenvalue weighted by Gasteiger charge is 2.41. The molecular formula is C28H44N2O6. The van der Waals surface area contributed by atoms with Crippen molar-refractivity contribution in [1.29, 1.82) is 0 Å². The van der Waals surface area contributed by atoms with E-state index >= 15 is 0 Å². The second kappa shape index (κ2) is 14.3. The number of benzene rings is 1. The number of amides is 2. The van der Waals surface area contributed by atoms with Gasteiger partial charge in [0.2, 0.25) is 11.8 Å². The number of carbonyl (C=O) groups is 3.